The van der Waals surface area contributed by atoms with E-state index in [0.717, 1.165) is 12.0 Å². The summed E-state index contributed by atoms with van der Waals surface area (Å²) in [6, 6.07) is 0.284. The Hall–Kier alpha value is -1.39. The van der Waals surface area contributed by atoms with E-state index in [0.29, 0.717) is 17.8 Å². The SMILES string of the molecule is C=CCC(C)NCc1c(CO)cnc(C)c1O. The highest BCUT2D eigenvalue weighted by molar-refractivity contribution is 5.40. The predicted octanol–water partition coefficient (Wildman–Crippen LogP) is 1.64. The average molecular weight is 236 g/mol. The van der Waals surface area contributed by atoms with Crippen LogP contribution in [0.15, 0.2) is 18.9 Å². The lowest BCUT2D eigenvalue weighted by atomic mass is 10.1. The van der Waals surface area contributed by atoms with Crippen LogP contribution in [0.2, 0.25) is 0 Å². The molecule has 0 amide bonds. The molecule has 1 aromatic heterocycles. The predicted molar refractivity (Wildman–Crippen MR) is 67.7 cm³/mol. The number of aryl methyl sites for hydroxylation is 1. The summed E-state index contributed by atoms with van der Waals surface area (Å²) in [6.45, 7) is 7.87. The summed E-state index contributed by atoms with van der Waals surface area (Å²) < 4.78 is 0. The van der Waals surface area contributed by atoms with Gasteiger partial charge in [-0.1, -0.05) is 6.08 Å². The van der Waals surface area contributed by atoms with Crippen molar-refractivity contribution in [3.05, 3.63) is 35.7 Å². The number of nitrogens with zero attached hydrogens (tertiary/aromatic N) is 1. The third-order valence-corrected chi connectivity index (χ3v) is 2.75. The lowest BCUT2D eigenvalue weighted by Crippen LogP contribution is -2.25. The molecule has 3 N–H and O–H groups in total. The highest BCUT2D eigenvalue weighted by Gasteiger charge is 2.11. The fourth-order valence-electron chi connectivity index (χ4n) is 1.63. The van der Waals surface area contributed by atoms with Crippen LogP contribution in [-0.2, 0) is 13.2 Å². The molecular formula is C13H20N2O2. The zero-order valence-electron chi connectivity index (χ0n) is 10.4. The highest BCUT2D eigenvalue weighted by atomic mass is 16.3. The number of aliphatic hydroxyl groups excluding tert-OH is 1. The van der Waals surface area contributed by atoms with Gasteiger partial charge in [0.25, 0.3) is 0 Å². The van der Waals surface area contributed by atoms with Crippen LogP contribution in [0.1, 0.15) is 30.2 Å². The van der Waals surface area contributed by atoms with Gasteiger partial charge < -0.3 is 15.5 Å². The molecule has 1 atom stereocenters. The number of pyridine rings is 1. The molecule has 4 heteroatoms. The molecule has 0 spiro atoms. The van der Waals surface area contributed by atoms with Crippen LogP contribution in [0.3, 0.4) is 0 Å². The van der Waals surface area contributed by atoms with Crippen molar-refractivity contribution in [3.8, 4) is 5.75 Å². The van der Waals surface area contributed by atoms with Gasteiger partial charge in [-0.3, -0.25) is 4.98 Å². The van der Waals surface area contributed by atoms with Gasteiger partial charge in [-0.2, -0.15) is 0 Å². The second-order valence-electron chi connectivity index (χ2n) is 4.16. The largest absolute Gasteiger partial charge is 0.506 e. The molecule has 0 aliphatic rings. The lowest BCUT2D eigenvalue weighted by molar-refractivity contribution is 0.278. The molecule has 1 unspecified atom stereocenters. The maximum absolute atomic E-state index is 9.92. The average Bonchev–Trinajstić information content (AvgIpc) is 2.31. The third-order valence-electron chi connectivity index (χ3n) is 2.75. The molecule has 0 saturated carbocycles. The Morgan fingerprint density at radius 1 is 1.59 bits per heavy atom. The number of aromatic nitrogens is 1. The second-order valence-corrected chi connectivity index (χ2v) is 4.16. The van der Waals surface area contributed by atoms with Gasteiger partial charge in [-0.25, -0.2) is 0 Å². The van der Waals surface area contributed by atoms with Crippen molar-refractivity contribution in [2.24, 2.45) is 0 Å². The molecule has 0 fully saturated rings. The number of aromatic hydroxyl groups is 1. The smallest absolute Gasteiger partial charge is 0.141 e. The second kappa shape index (κ2) is 6.37. The summed E-state index contributed by atoms with van der Waals surface area (Å²) in [5, 5.41) is 22.4. The molecule has 1 rings (SSSR count). The van der Waals surface area contributed by atoms with Gasteiger partial charge in [-0.15, -0.1) is 6.58 Å². The Morgan fingerprint density at radius 2 is 2.29 bits per heavy atom. The van der Waals surface area contributed by atoms with Gasteiger partial charge in [0.1, 0.15) is 5.75 Å². The molecule has 1 aromatic rings. The summed E-state index contributed by atoms with van der Waals surface area (Å²) in [5.74, 6) is 0.162. The van der Waals surface area contributed by atoms with Gasteiger partial charge >= 0.3 is 0 Å². The summed E-state index contributed by atoms with van der Waals surface area (Å²) in [5.41, 5.74) is 1.96. The number of hydrogen-bond acceptors (Lipinski definition) is 4. The van der Waals surface area contributed by atoms with Crippen LogP contribution < -0.4 is 5.32 Å². The standard InChI is InChI=1S/C13H20N2O2/c1-4-5-9(2)14-7-12-11(8-16)6-15-10(3)13(12)17/h4,6,9,14,16-17H,1,5,7-8H2,2-3H3. The fourth-order valence-corrected chi connectivity index (χ4v) is 1.63. The van der Waals surface area contributed by atoms with E-state index in [1.54, 1.807) is 13.1 Å². The summed E-state index contributed by atoms with van der Waals surface area (Å²) in [4.78, 5) is 4.02. The summed E-state index contributed by atoms with van der Waals surface area (Å²) in [7, 11) is 0. The molecule has 0 aromatic carbocycles. The van der Waals surface area contributed by atoms with Crippen molar-refractivity contribution in [2.45, 2.75) is 39.5 Å². The molecule has 0 saturated heterocycles. The zero-order chi connectivity index (χ0) is 12.8. The molecular weight excluding hydrogens is 216 g/mol. The molecule has 94 valence electrons. The number of aliphatic hydroxyl groups is 1. The van der Waals surface area contributed by atoms with Crippen LogP contribution in [0.4, 0.5) is 0 Å². The molecule has 1 heterocycles. The number of rotatable bonds is 6. The minimum atomic E-state index is -0.117. The van der Waals surface area contributed by atoms with E-state index in [4.69, 9.17) is 0 Å². The minimum Gasteiger partial charge on any atom is -0.506 e. The number of nitrogens with one attached hydrogen (secondary N) is 1. The molecule has 0 bridgehead atoms. The van der Waals surface area contributed by atoms with Gasteiger partial charge in [0.15, 0.2) is 0 Å². The molecule has 0 radical (unpaired) electrons. The maximum Gasteiger partial charge on any atom is 0.141 e. The van der Waals surface area contributed by atoms with E-state index < -0.39 is 0 Å². The molecule has 0 aliphatic carbocycles. The van der Waals surface area contributed by atoms with Crippen LogP contribution in [0.25, 0.3) is 0 Å². The van der Waals surface area contributed by atoms with E-state index in [1.165, 1.54) is 0 Å². The first-order valence-corrected chi connectivity index (χ1v) is 5.71. The maximum atomic E-state index is 9.92. The minimum absolute atomic E-state index is 0.117. The zero-order valence-corrected chi connectivity index (χ0v) is 10.4. The first-order chi connectivity index (χ1) is 8.10. The van der Waals surface area contributed by atoms with Crippen molar-refractivity contribution in [1.82, 2.24) is 10.3 Å². The number of hydrogen-bond donors (Lipinski definition) is 3. The van der Waals surface area contributed by atoms with Crippen molar-refractivity contribution >= 4 is 0 Å². The van der Waals surface area contributed by atoms with Gasteiger partial charge in [0.05, 0.1) is 12.3 Å². The van der Waals surface area contributed by atoms with Gasteiger partial charge in [-0.05, 0) is 20.3 Å². The molecule has 0 aliphatic heterocycles. The molecule has 17 heavy (non-hydrogen) atoms. The van der Waals surface area contributed by atoms with Crippen molar-refractivity contribution in [2.75, 3.05) is 0 Å². The first-order valence-electron chi connectivity index (χ1n) is 5.71. The Morgan fingerprint density at radius 3 is 2.88 bits per heavy atom. The molecule has 4 nitrogen and oxygen atoms in total. The topological polar surface area (TPSA) is 65.4 Å². The Balaban J connectivity index is 2.81. The van der Waals surface area contributed by atoms with Crippen LogP contribution in [-0.4, -0.2) is 21.2 Å². The van der Waals surface area contributed by atoms with Gasteiger partial charge in [0, 0.05) is 29.9 Å². The monoisotopic (exact) mass is 236 g/mol. The van der Waals surface area contributed by atoms with E-state index in [1.807, 2.05) is 13.0 Å². The fraction of sp³-hybridized carbons (Fsp3) is 0.462. The van der Waals surface area contributed by atoms with Crippen molar-refractivity contribution in [1.29, 1.82) is 0 Å². The third kappa shape index (κ3) is 3.54. The summed E-state index contributed by atoms with van der Waals surface area (Å²) in [6.07, 6.45) is 4.31. The Bertz CT molecular complexity index is 391. The Labute approximate surface area is 102 Å². The van der Waals surface area contributed by atoms with E-state index in [-0.39, 0.29) is 18.4 Å². The lowest BCUT2D eigenvalue weighted by Gasteiger charge is -2.15. The van der Waals surface area contributed by atoms with Crippen molar-refractivity contribution < 1.29 is 10.2 Å². The van der Waals surface area contributed by atoms with Crippen LogP contribution in [0.5, 0.6) is 5.75 Å². The van der Waals surface area contributed by atoms with Crippen molar-refractivity contribution in [3.63, 3.8) is 0 Å². The quantitative estimate of drug-likeness (QED) is 0.657. The van der Waals surface area contributed by atoms with Crippen LogP contribution >= 0.6 is 0 Å². The Kier molecular flexibility index (Phi) is 5.12. The van der Waals surface area contributed by atoms with E-state index in [9.17, 15) is 10.2 Å². The first kappa shape index (κ1) is 13.7. The highest BCUT2D eigenvalue weighted by Crippen LogP contribution is 2.23. The van der Waals surface area contributed by atoms with Crippen LogP contribution in [0, 0.1) is 6.92 Å². The summed E-state index contributed by atoms with van der Waals surface area (Å²) >= 11 is 0. The van der Waals surface area contributed by atoms with Gasteiger partial charge in [0.2, 0.25) is 0 Å². The van der Waals surface area contributed by atoms with E-state index in [2.05, 4.69) is 16.9 Å². The van der Waals surface area contributed by atoms with E-state index >= 15 is 0 Å². The normalized spacial score (nSPS) is 12.4.